The minimum atomic E-state index is 0.450. The maximum Gasteiger partial charge on any atom is 0.0449 e. The van der Waals surface area contributed by atoms with Crippen molar-refractivity contribution < 1.29 is 0 Å². The van der Waals surface area contributed by atoms with E-state index < -0.39 is 0 Å². The lowest BCUT2D eigenvalue weighted by Gasteiger charge is -2.35. The van der Waals surface area contributed by atoms with Crippen LogP contribution in [0.3, 0.4) is 0 Å². The number of nitrogens with zero attached hydrogens (tertiary/aromatic N) is 1. The van der Waals surface area contributed by atoms with Crippen LogP contribution in [0, 0.1) is 10.8 Å². The molecule has 1 heterocycles. The average Bonchev–Trinajstić information content (AvgIpc) is 2.81. The number of piperazine rings is 1. The highest BCUT2D eigenvalue weighted by Crippen LogP contribution is 2.65. The van der Waals surface area contributed by atoms with E-state index in [0.717, 1.165) is 19.1 Å². The van der Waals surface area contributed by atoms with Crippen molar-refractivity contribution in [2.75, 3.05) is 19.6 Å². The molecule has 1 aromatic carbocycles. The summed E-state index contributed by atoms with van der Waals surface area (Å²) in [5, 5.41) is 3.66. The van der Waals surface area contributed by atoms with Crippen LogP contribution < -0.4 is 5.32 Å². The van der Waals surface area contributed by atoms with Gasteiger partial charge in [-0.05, 0) is 16.4 Å². The molecular weight excluding hydrogens is 232 g/mol. The third kappa shape index (κ3) is 2.02. The number of hydrogen-bond acceptors (Lipinski definition) is 2. The molecule has 1 aromatic rings. The highest BCUT2D eigenvalue weighted by Gasteiger charge is 2.67. The normalized spacial score (nSPS) is 30.2. The molecule has 0 bridgehead atoms. The third-order valence-electron chi connectivity index (χ3n) is 5.72. The Bertz CT molecular complexity index is 436. The molecule has 0 radical (unpaired) electrons. The molecule has 19 heavy (non-hydrogen) atoms. The van der Waals surface area contributed by atoms with Crippen LogP contribution >= 0.6 is 0 Å². The van der Waals surface area contributed by atoms with E-state index in [9.17, 15) is 0 Å². The molecule has 1 N–H and O–H groups in total. The lowest BCUT2D eigenvalue weighted by molar-refractivity contribution is 0.166. The molecule has 1 atom stereocenters. The van der Waals surface area contributed by atoms with Crippen LogP contribution in [-0.2, 0) is 0 Å². The van der Waals surface area contributed by atoms with E-state index in [1.807, 2.05) is 0 Å². The van der Waals surface area contributed by atoms with E-state index in [1.54, 1.807) is 0 Å². The topological polar surface area (TPSA) is 15.3 Å². The van der Waals surface area contributed by atoms with E-state index in [2.05, 4.69) is 68.2 Å². The van der Waals surface area contributed by atoms with Gasteiger partial charge in [0.25, 0.3) is 0 Å². The summed E-state index contributed by atoms with van der Waals surface area (Å²) >= 11 is 0. The fourth-order valence-electron chi connectivity index (χ4n) is 3.99. The van der Waals surface area contributed by atoms with Gasteiger partial charge in [0.2, 0.25) is 0 Å². The quantitative estimate of drug-likeness (QED) is 0.877. The van der Waals surface area contributed by atoms with E-state index in [0.29, 0.717) is 16.9 Å². The largest absolute Gasteiger partial charge is 0.308 e. The molecule has 3 rings (SSSR count). The minimum absolute atomic E-state index is 0.450. The zero-order valence-electron chi connectivity index (χ0n) is 12.6. The number of nitrogens with one attached hydrogen (secondary N) is 1. The highest BCUT2D eigenvalue weighted by molar-refractivity contribution is 5.23. The second-order valence-electron chi connectivity index (χ2n) is 7.26. The summed E-state index contributed by atoms with van der Waals surface area (Å²) in [5.41, 5.74) is 2.32. The molecule has 1 unspecified atom stereocenters. The summed E-state index contributed by atoms with van der Waals surface area (Å²) in [4.78, 5) is 2.70. The third-order valence-corrected chi connectivity index (χ3v) is 5.72. The van der Waals surface area contributed by atoms with Crippen LogP contribution in [0.25, 0.3) is 0 Å². The van der Waals surface area contributed by atoms with Crippen molar-refractivity contribution in [3.8, 4) is 0 Å². The molecule has 0 aromatic heterocycles. The average molecular weight is 258 g/mol. The molecule has 2 nitrogen and oxygen atoms in total. The fraction of sp³-hybridized carbons (Fsp3) is 0.647. The van der Waals surface area contributed by atoms with Gasteiger partial charge in [-0.1, -0.05) is 58.0 Å². The van der Waals surface area contributed by atoms with Gasteiger partial charge in [-0.2, -0.15) is 0 Å². The Hall–Kier alpha value is -0.860. The number of benzene rings is 1. The van der Waals surface area contributed by atoms with Gasteiger partial charge in [0.05, 0.1) is 0 Å². The van der Waals surface area contributed by atoms with Crippen molar-refractivity contribution in [3.63, 3.8) is 0 Å². The van der Waals surface area contributed by atoms with Gasteiger partial charge in [-0.3, -0.25) is 4.90 Å². The molecule has 1 aliphatic heterocycles. The first-order valence-corrected chi connectivity index (χ1v) is 7.47. The van der Waals surface area contributed by atoms with Crippen LogP contribution in [0.1, 0.15) is 39.3 Å². The molecular formula is C17H26N2. The molecule has 1 saturated carbocycles. The first kappa shape index (κ1) is 13.1. The van der Waals surface area contributed by atoms with Crippen LogP contribution in [0.15, 0.2) is 30.3 Å². The van der Waals surface area contributed by atoms with Gasteiger partial charge >= 0.3 is 0 Å². The summed E-state index contributed by atoms with van der Waals surface area (Å²) in [6.45, 7) is 13.1. The molecule has 2 fully saturated rings. The Morgan fingerprint density at radius 1 is 1.05 bits per heavy atom. The monoisotopic (exact) mass is 258 g/mol. The van der Waals surface area contributed by atoms with Gasteiger partial charge in [-0.15, -0.1) is 0 Å². The van der Waals surface area contributed by atoms with Crippen LogP contribution in [0.4, 0.5) is 0 Å². The van der Waals surface area contributed by atoms with Crippen molar-refractivity contribution in [2.24, 2.45) is 10.8 Å². The van der Waals surface area contributed by atoms with Gasteiger partial charge in [0.15, 0.2) is 0 Å². The van der Waals surface area contributed by atoms with Crippen LogP contribution in [-0.4, -0.2) is 30.6 Å². The summed E-state index contributed by atoms with van der Waals surface area (Å²) in [6.07, 6.45) is 0. The highest BCUT2D eigenvalue weighted by atomic mass is 15.3. The molecule has 0 amide bonds. The smallest absolute Gasteiger partial charge is 0.0449 e. The Balaban J connectivity index is 1.74. The van der Waals surface area contributed by atoms with E-state index in [-0.39, 0.29) is 0 Å². The molecule has 1 saturated heterocycles. The first-order valence-electron chi connectivity index (χ1n) is 7.47. The van der Waals surface area contributed by atoms with E-state index in [4.69, 9.17) is 0 Å². The molecule has 1 aliphatic carbocycles. The van der Waals surface area contributed by atoms with E-state index >= 15 is 0 Å². The lowest BCUT2D eigenvalue weighted by atomic mass is 10.0. The van der Waals surface area contributed by atoms with Crippen LogP contribution in [0.2, 0.25) is 0 Å². The fourth-order valence-corrected chi connectivity index (χ4v) is 3.99. The van der Waals surface area contributed by atoms with Gasteiger partial charge < -0.3 is 5.32 Å². The zero-order chi connectivity index (χ0) is 13.7. The Labute approximate surface area is 117 Å². The maximum absolute atomic E-state index is 3.66. The van der Waals surface area contributed by atoms with Crippen molar-refractivity contribution in [2.45, 2.75) is 39.8 Å². The Kier molecular flexibility index (Phi) is 2.99. The number of hydrogen-bond donors (Lipinski definition) is 1. The summed E-state index contributed by atoms with van der Waals surface area (Å²) < 4.78 is 0. The SMILES string of the molecule is CC1(C)C(N2CCNC(c3ccccc3)C2)C1(C)C. The van der Waals surface area contributed by atoms with Crippen molar-refractivity contribution in [3.05, 3.63) is 35.9 Å². The minimum Gasteiger partial charge on any atom is -0.308 e. The number of rotatable bonds is 2. The predicted molar refractivity (Wildman–Crippen MR) is 80.1 cm³/mol. The Morgan fingerprint density at radius 3 is 2.26 bits per heavy atom. The molecule has 0 spiro atoms. The summed E-state index contributed by atoms with van der Waals surface area (Å²) in [6, 6.07) is 12.1. The van der Waals surface area contributed by atoms with Crippen molar-refractivity contribution >= 4 is 0 Å². The predicted octanol–water partition coefficient (Wildman–Crippen LogP) is 3.07. The molecule has 104 valence electrons. The summed E-state index contributed by atoms with van der Waals surface area (Å²) in [5.74, 6) is 0. The van der Waals surface area contributed by atoms with Gasteiger partial charge in [0, 0.05) is 31.7 Å². The van der Waals surface area contributed by atoms with Crippen molar-refractivity contribution in [1.82, 2.24) is 10.2 Å². The van der Waals surface area contributed by atoms with E-state index in [1.165, 1.54) is 12.1 Å². The first-order chi connectivity index (χ1) is 8.94. The Morgan fingerprint density at radius 2 is 1.68 bits per heavy atom. The maximum atomic E-state index is 3.66. The summed E-state index contributed by atoms with van der Waals surface area (Å²) in [7, 11) is 0. The second-order valence-corrected chi connectivity index (χ2v) is 7.26. The van der Waals surface area contributed by atoms with Crippen molar-refractivity contribution in [1.29, 1.82) is 0 Å². The lowest BCUT2D eigenvalue weighted by Crippen LogP contribution is -2.48. The second kappa shape index (κ2) is 4.32. The molecule has 2 aliphatic rings. The van der Waals surface area contributed by atoms with Gasteiger partial charge in [-0.25, -0.2) is 0 Å². The van der Waals surface area contributed by atoms with Crippen LogP contribution in [0.5, 0.6) is 0 Å². The van der Waals surface area contributed by atoms with Gasteiger partial charge in [0.1, 0.15) is 0 Å². The molecule has 2 heteroatoms. The zero-order valence-corrected chi connectivity index (χ0v) is 12.6. The standard InChI is InChI=1S/C17H26N2/c1-16(2)15(17(16,3)4)19-11-10-18-14(12-19)13-8-6-5-7-9-13/h5-9,14-15,18H,10-12H2,1-4H3.